The van der Waals surface area contributed by atoms with Gasteiger partial charge in [-0.05, 0) is 95.8 Å². The summed E-state index contributed by atoms with van der Waals surface area (Å²) in [5.41, 5.74) is 7.05. The van der Waals surface area contributed by atoms with Gasteiger partial charge in [0, 0.05) is 60.8 Å². The summed E-state index contributed by atoms with van der Waals surface area (Å²) in [7, 11) is 3.25. The Labute approximate surface area is 417 Å². The molecule has 2 fully saturated rings. The van der Waals surface area contributed by atoms with Gasteiger partial charge in [-0.3, -0.25) is 4.98 Å². The first kappa shape index (κ1) is 48.7. The van der Waals surface area contributed by atoms with Crippen LogP contribution in [0.3, 0.4) is 0 Å². The zero-order chi connectivity index (χ0) is 49.2. The summed E-state index contributed by atoms with van der Waals surface area (Å²) in [5.74, 6) is 4.63. The molecule has 15 nitrogen and oxygen atoms in total. The van der Waals surface area contributed by atoms with Crippen LogP contribution in [0.4, 0.5) is 29.2 Å². The number of nitrogens with one attached hydrogen (secondary N) is 4. The number of aryl methyl sites for hydroxylation is 2. The molecule has 6 N–H and O–H groups in total. The number of hydrogen-bond acceptors (Lipinski definition) is 17. The van der Waals surface area contributed by atoms with Gasteiger partial charge in [0.2, 0.25) is 11.9 Å². The fraction of sp³-hybridized carbons (Fsp3) is 0.415. The zero-order valence-electron chi connectivity index (χ0n) is 41.1. The molecule has 70 heavy (non-hydrogen) atoms. The first-order chi connectivity index (χ1) is 33.7. The lowest BCUT2D eigenvalue weighted by molar-refractivity contribution is 0.229. The van der Waals surface area contributed by atoms with Crippen molar-refractivity contribution in [2.45, 2.75) is 103 Å². The smallest absolute Gasteiger partial charge is 0.229 e. The van der Waals surface area contributed by atoms with Gasteiger partial charge in [0.1, 0.15) is 38.7 Å². The molecule has 10 rings (SSSR count). The summed E-state index contributed by atoms with van der Waals surface area (Å²) in [6, 6.07) is 18.4. The van der Waals surface area contributed by atoms with Gasteiger partial charge in [0.25, 0.3) is 0 Å². The van der Waals surface area contributed by atoms with Crippen LogP contribution < -0.4 is 30.7 Å². The van der Waals surface area contributed by atoms with Crippen molar-refractivity contribution in [1.29, 1.82) is 0 Å². The monoisotopic (exact) mass is 981 g/mol. The van der Waals surface area contributed by atoms with Crippen molar-refractivity contribution in [2.75, 3.05) is 48.7 Å². The Balaban J connectivity index is 0.000000174. The lowest BCUT2D eigenvalue weighted by Gasteiger charge is -2.28. The molecule has 5 heterocycles. The summed E-state index contributed by atoms with van der Waals surface area (Å²) in [6.07, 6.45) is 13.8. The number of ether oxygens (including phenoxy) is 2. The molecule has 7 aromatic rings. The van der Waals surface area contributed by atoms with Crippen LogP contribution in [0.2, 0.25) is 0 Å². The molecule has 0 spiro atoms. The van der Waals surface area contributed by atoms with Crippen LogP contribution in [0.15, 0.2) is 73.1 Å². The van der Waals surface area contributed by atoms with Crippen molar-refractivity contribution in [3.8, 4) is 32.6 Å². The van der Waals surface area contributed by atoms with Gasteiger partial charge in [-0.1, -0.05) is 50.3 Å². The van der Waals surface area contributed by atoms with Crippen molar-refractivity contribution < 1.29 is 19.7 Å². The van der Waals surface area contributed by atoms with Crippen LogP contribution >= 0.6 is 22.7 Å². The van der Waals surface area contributed by atoms with E-state index >= 15 is 0 Å². The molecule has 0 aliphatic heterocycles. The van der Waals surface area contributed by atoms with Crippen LogP contribution in [0.5, 0.6) is 11.5 Å². The molecule has 0 bridgehead atoms. The number of thiazole rings is 2. The van der Waals surface area contributed by atoms with E-state index in [4.69, 9.17) is 39.4 Å². The minimum absolute atomic E-state index is 0.0842. The Hall–Kier alpha value is -6.27. The molecule has 2 unspecified atom stereocenters. The number of pyridine rings is 1. The molecule has 366 valence electrons. The van der Waals surface area contributed by atoms with Gasteiger partial charge in [-0.15, -0.1) is 22.7 Å². The molecule has 0 saturated heterocycles. The summed E-state index contributed by atoms with van der Waals surface area (Å²) in [4.78, 5) is 34.8. The third kappa shape index (κ3) is 10.7. The van der Waals surface area contributed by atoms with Crippen LogP contribution in [0.1, 0.15) is 93.7 Å². The average molecular weight is 982 g/mol. The molecule has 3 aliphatic carbocycles. The second-order valence-corrected chi connectivity index (χ2v) is 21.7. The number of benzene rings is 2. The molecular formula is C53H63N11O4S2. The standard InChI is InChI=1S/C27H33N5O3S.C26H30N6OS/c1-15-22(25-31-23-21(36-25)8-9-27(23,2)3)24(29-17-7-6-16(10-17)14-33)32-26(28-15)30-18-11-19(34-4)13-20(12-18)35-5;1-16-22(24-30-20-14-27-12-11-21(20)34-24)23(29-19-10-9-17(13-19)15-33)31-25(28-16)32-26(2,3)18-7-5-4-6-8-18/h8-9,11-13,16-17,33H,6-7,10,14H2,1-5H3,(H2,28,29,30,32);4-8,11-12,14,17,19,33H,9-10,13,15H2,1-3H3,(H2,28,29,31,32)/t16?,17-;17?,19-/m00/s1. The predicted molar refractivity (Wildman–Crippen MR) is 283 cm³/mol. The van der Waals surface area contributed by atoms with E-state index in [1.54, 1.807) is 49.3 Å². The fourth-order valence-corrected chi connectivity index (χ4v) is 11.9. The Morgan fingerprint density at radius 1 is 0.729 bits per heavy atom. The van der Waals surface area contributed by atoms with Gasteiger partial charge in [-0.25, -0.2) is 19.9 Å². The Morgan fingerprint density at radius 2 is 1.33 bits per heavy atom. The third-order valence-electron chi connectivity index (χ3n) is 13.5. The second kappa shape index (κ2) is 20.6. The van der Waals surface area contributed by atoms with Gasteiger partial charge in [0.05, 0.1) is 63.7 Å². The normalized spacial score (nSPS) is 19.1. The van der Waals surface area contributed by atoms with E-state index in [1.807, 2.05) is 56.3 Å². The summed E-state index contributed by atoms with van der Waals surface area (Å²) in [6.45, 7) is 13.1. The lowest BCUT2D eigenvalue weighted by atomic mass is 9.93. The van der Waals surface area contributed by atoms with Crippen LogP contribution in [-0.4, -0.2) is 84.6 Å². The Morgan fingerprint density at radius 3 is 1.90 bits per heavy atom. The summed E-state index contributed by atoms with van der Waals surface area (Å²) >= 11 is 3.30. The first-order valence-corrected chi connectivity index (χ1v) is 25.6. The second-order valence-electron chi connectivity index (χ2n) is 19.6. The number of allylic oxidation sites excluding steroid dienone is 1. The predicted octanol–water partition coefficient (Wildman–Crippen LogP) is 10.9. The first-order valence-electron chi connectivity index (χ1n) is 24.0. The maximum atomic E-state index is 9.64. The highest BCUT2D eigenvalue weighted by Crippen LogP contribution is 2.44. The van der Waals surface area contributed by atoms with Crippen molar-refractivity contribution in [3.63, 3.8) is 0 Å². The molecule has 2 aromatic carbocycles. The van der Waals surface area contributed by atoms with Crippen LogP contribution in [0, 0.1) is 25.7 Å². The summed E-state index contributed by atoms with van der Waals surface area (Å²) in [5, 5.41) is 35.2. The maximum absolute atomic E-state index is 9.64. The molecule has 0 radical (unpaired) electrons. The van der Waals surface area contributed by atoms with Crippen LogP contribution in [0.25, 0.3) is 37.4 Å². The molecule has 5 aromatic heterocycles. The minimum atomic E-state index is -0.344. The number of aliphatic hydroxyl groups is 2. The van der Waals surface area contributed by atoms with E-state index in [1.165, 1.54) is 4.88 Å². The van der Waals surface area contributed by atoms with Gasteiger partial charge in [-0.2, -0.15) is 9.97 Å². The van der Waals surface area contributed by atoms with Crippen LogP contribution in [-0.2, 0) is 11.0 Å². The molecule has 0 amide bonds. The Bertz CT molecular complexity index is 2940. The van der Waals surface area contributed by atoms with Gasteiger partial charge >= 0.3 is 0 Å². The SMILES string of the molecule is COc1cc(Nc2nc(C)c(-c3nc4c(s3)C=CC4(C)C)c(N[C@H]3CCC(CO)C3)n2)cc(OC)c1.Cc1nc(NC(C)(C)c2ccccc2)nc(N[C@H]2CCC(CO)C2)c1-c1nc2cnccc2s1. The number of methoxy groups -OCH3 is 2. The maximum Gasteiger partial charge on any atom is 0.229 e. The molecular weight excluding hydrogens is 919 g/mol. The van der Waals surface area contributed by atoms with E-state index in [-0.39, 0.29) is 36.3 Å². The van der Waals surface area contributed by atoms with E-state index in [2.05, 4.69) is 78.2 Å². The van der Waals surface area contributed by atoms with Crippen molar-refractivity contribution in [3.05, 3.63) is 101 Å². The molecule has 3 aliphatic rings. The number of anilines is 5. The molecule has 17 heteroatoms. The molecule has 2 saturated carbocycles. The number of aliphatic hydroxyl groups excluding tert-OH is 2. The largest absolute Gasteiger partial charge is 0.497 e. The van der Waals surface area contributed by atoms with Gasteiger partial charge in [0.15, 0.2) is 0 Å². The highest BCUT2D eigenvalue weighted by molar-refractivity contribution is 7.21. The number of nitrogens with zero attached hydrogens (tertiary/aromatic N) is 7. The van der Waals surface area contributed by atoms with Crippen molar-refractivity contribution in [1.82, 2.24) is 34.9 Å². The highest BCUT2D eigenvalue weighted by Gasteiger charge is 2.33. The number of hydrogen-bond donors (Lipinski definition) is 6. The number of rotatable bonds is 15. The summed E-state index contributed by atoms with van der Waals surface area (Å²) < 4.78 is 11.9. The molecule has 4 atom stereocenters. The van der Waals surface area contributed by atoms with Crippen molar-refractivity contribution in [2.24, 2.45) is 11.8 Å². The van der Waals surface area contributed by atoms with E-state index < -0.39 is 0 Å². The third-order valence-corrected chi connectivity index (χ3v) is 15.6. The highest BCUT2D eigenvalue weighted by atomic mass is 32.1. The zero-order valence-corrected chi connectivity index (χ0v) is 42.8. The average Bonchev–Trinajstić information content (AvgIpc) is 4.20. The van der Waals surface area contributed by atoms with E-state index in [0.29, 0.717) is 35.2 Å². The van der Waals surface area contributed by atoms with E-state index in [0.717, 1.165) is 110 Å². The lowest BCUT2D eigenvalue weighted by Crippen LogP contribution is -2.29. The Kier molecular flexibility index (Phi) is 14.3. The van der Waals surface area contributed by atoms with E-state index in [9.17, 15) is 10.2 Å². The minimum Gasteiger partial charge on any atom is -0.497 e. The fourth-order valence-electron chi connectivity index (χ4n) is 9.59. The van der Waals surface area contributed by atoms with Crippen molar-refractivity contribution >= 4 is 68.2 Å². The van der Waals surface area contributed by atoms with Gasteiger partial charge < -0.3 is 41.0 Å². The number of aromatic nitrogens is 7. The topological polar surface area (TPSA) is 197 Å². The number of fused-ring (bicyclic) bond motifs is 2. The quantitative estimate of drug-likeness (QED) is 0.0567.